The van der Waals surface area contributed by atoms with Crippen LogP contribution in [-0.4, -0.2) is 23.3 Å². The molecule has 21 heavy (non-hydrogen) atoms. The number of nitrogens with zero attached hydrogens (tertiary/aromatic N) is 3. The van der Waals surface area contributed by atoms with Crippen molar-refractivity contribution in [3.8, 4) is 0 Å². The molecule has 0 saturated heterocycles. The highest BCUT2D eigenvalue weighted by Gasteiger charge is 2.18. The van der Waals surface area contributed by atoms with Crippen LogP contribution in [-0.2, 0) is 10.0 Å². The van der Waals surface area contributed by atoms with Gasteiger partial charge in [-0.25, -0.2) is 22.8 Å². The van der Waals surface area contributed by atoms with Crippen LogP contribution in [0.1, 0.15) is 0 Å². The van der Waals surface area contributed by atoms with Gasteiger partial charge in [0.05, 0.1) is 29.1 Å². The number of nitrogens with one attached hydrogen (secondary N) is 1. The summed E-state index contributed by atoms with van der Waals surface area (Å²) in [4.78, 5) is 16.5. The molecule has 3 N–H and O–H groups in total. The molecule has 0 saturated carbocycles. The van der Waals surface area contributed by atoms with E-state index >= 15 is 0 Å². The number of aromatic nitrogens is 2. The predicted octanol–water partition coefficient (Wildman–Crippen LogP) is 0.907. The van der Waals surface area contributed by atoms with Gasteiger partial charge < -0.3 is 5.73 Å². The fourth-order valence-electron chi connectivity index (χ4n) is 1.42. The predicted molar refractivity (Wildman–Crippen MR) is 70.3 cm³/mol. The minimum Gasteiger partial charge on any atom is -0.368 e. The Balaban J connectivity index is 2.36. The molecule has 0 radical (unpaired) electrons. The average Bonchev–Trinajstić information content (AvgIpc) is 2.37. The van der Waals surface area contributed by atoms with Crippen molar-refractivity contribution in [1.29, 1.82) is 0 Å². The largest absolute Gasteiger partial charge is 0.368 e. The fraction of sp³-hybridized carbons (Fsp3) is 0. The lowest BCUT2D eigenvalue weighted by Gasteiger charge is -2.07. The molecule has 0 aliphatic heterocycles. The number of hydrogen-bond donors (Lipinski definition) is 2. The number of halogens is 1. The van der Waals surface area contributed by atoms with Crippen molar-refractivity contribution in [3.05, 3.63) is 46.5 Å². The normalized spacial score (nSPS) is 11.1. The van der Waals surface area contributed by atoms with Crippen molar-refractivity contribution >= 4 is 27.3 Å². The van der Waals surface area contributed by atoms with Crippen LogP contribution in [0.4, 0.5) is 21.7 Å². The molecular weight excluding hydrogens is 305 g/mol. The lowest BCUT2D eigenvalue weighted by Crippen LogP contribution is -2.14. The Morgan fingerprint density at radius 2 is 1.86 bits per heavy atom. The lowest BCUT2D eigenvalue weighted by atomic mass is 10.3. The second-order valence-corrected chi connectivity index (χ2v) is 5.52. The molecule has 0 aliphatic rings. The Morgan fingerprint density at radius 3 is 2.43 bits per heavy atom. The standard InChI is InChI=1S/C10H8FN5O4S/c11-6-1-7(3-8(2-6)16(17)18)15-21(19,20)9-4-13-10(12)14-5-9/h1-5,15H,(H2,12,13,14). The first-order valence-corrected chi connectivity index (χ1v) is 6.81. The topological polar surface area (TPSA) is 141 Å². The van der Waals surface area contributed by atoms with E-state index in [4.69, 9.17) is 5.73 Å². The van der Waals surface area contributed by atoms with E-state index in [9.17, 15) is 22.9 Å². The molecule has 0 unspecified atom stereocenters. The summed E-state index contributed by atoms with van der Waals surface area (Å²) < 4.78 is 39.2. The number of nitro benzene ring substituents is 1. The molecule has 0 atom stereocenters. The summed E-state index contributed by atoms with van der Waals surface area (Å²) in [6, 6.07) is 2.37. The summed E-state index contributed by atoms with van der Waals surface area (Å²) in [5, 5.41) is 10.6. The van der Waals surface area contributed by atoms with Crippen molar-refractivity contribution in [3.63, 3.8) is 0 Å². The first-order chi connectivity index (χ1) is 9.78. The summed E-state index contributed by atoms with van der Waals surface area (Å²) in [5.41, 5.74) is 4.36. The van der Waals surface area contributed by atoms with Crippen molar-refractivity contribution in [1.82, 2.24) is 9.97 Å². The minimum atomic E-state index is -4.11. The summed E-state index contributed by atoms with van der Waals surface area (Å²) >= 11 is 0. The first-order valence-electron chi connectivity index (χ1n) is 5.33. The highest BCUT2D eigenvalue weighted by molar-refractivity contribution is 7.92. The van der Waals surface area contributed by atoms with Crippen LogP contribution in [0.5, 0.6) is 0 Å². The van der Waals surface area contributed by atoms with Crippen molar-refractivity contribution in [2.24, 2.45) is 0 Å². The maximum Gasteiger partial charge on any atom is 0.274 e. The maximum absolute atomic E-state index is 13.2. The second-order valence-electron chi connectivity index (χ2n) is 3.84. The van der Waals surface area contributed by atoms with E-state index in [0.717, 1.165) is 24.5 Å². The van der Waals surface area contributed by atoms with Crippen molar-refractivity contribution in [2.75, 3.05) is 10.5 Å². The molecule has 2 aromatic rings. The van der Waals surface area contributed by atoms with Gasteiger partial charge in [-0.15, -0.1) is 0 Å². The van der Waals surface area contributed by atoms with Crippen molar-refractivity contribution in [2.45, 2.75) is 4.90 Å². The number of hydrogen-bond acceptors (Lipinski definition) is 7. The zero-order valence-electron chi connectivity index (χ0n) is 10.2. The zero-order chi connectivity index (χ0) is 15.6. The van der Waals surface area contributed by atoms with Crippen LogP contribution in [0, 0.1) is 15.9 Å². The molecule has 2 rings (SSSR count). The van der Waals surface area contributed by atoms with Gasteiger partial charge in [0.1, 0.15) is 10.7 Å². The number of nitrogens with two attached hydrogens (primary N) is 1. The number of anilines is 2. The Morgan fingerprint density at radius 1 is 1.24 bits per heavy atom. The number of non-ortho nitro benzene ring substituents is 1. The van der Waals surface area contributed by atoms with Gasteiger partial charge in [0.25, 0.3) is 15.7 Å². The molecule has 0 amide bonds. The quantitative estimate of drug-likeness (QED) is 0.631. The van der Waals surface area contributed by atoms with Gasteiger partial charge in [0.2, 0.25) is 5.95 Å². The summed E-state index contributed by atoms with van der Waals surface area (Å²) in [7, 11) is -4.11. The van der Waals surface area contributed by atoms with Crippen LogP contribution < -0.4 is 10.5 Å². The van der Waals surface area contributed by atoms with Crippen LogP contribution in [0.2, 0.25) is 0 Å². The van der Waals surface area contributed by atoms with Crippen LogP contribution >= 0.6 is 0 Å². The molecular formula is C10H8FN5O4S. The third kappa shape index (κ3) is 3.39. The van der Waals surface area contributed by atoms with E-state index in [0.29, 0.717) is 6.07 Å². The van der Waals surface area contributed by atoms with Gasteiger partial charge >= 0.3 is 0 Å². The summed E-state index contributed by atoms with van der Waals surface area (Å²) in [6.07, 6.45) is 1.91. The van der Waals surface area contributed by atoms with Gasteiger partial charge in [0.15, 0.2) is 0 Å². The Labute approximate surface area is 117 Å². The van der Waals surface area contributed by atoms with E-state index in [-0.39, 0.29) is 16.5 Å². The minimum absolute atomic E-state index is 0.115. The number of nitrogen functional groups attached to an aromatic ring is 1. The van der Waals surface area contributed by atoms with Gasteiger partial charge in [0, 0.05) is 6.07 Å². The molecule has 1 aromatic carbocycles. The molecule has 0 fully saturated rings. The maximum atomic E-state index is 13.2. The molecule has 1 heterocycles. The van der Waals surface area contributed by atoms with Crippen LogP contribution in [0.25, 0.3) is 0 Å². The van der Waals surface area contributed by atoms with E-state index in [1.54, 1.807) is 0 Å². The molecule has 0 bridgehead atoms. The Hall–Kier alpha value is -2.82. The third-order valence-electron chi connectivity index (χ3n) is 2.30. The number of rotatable bonds is 4. The van der Waals surface area contributed by atoms with Gasteiger partial charge in [-0.05, 0) is 6.07 Å². The molecule has 11 heteroatoms. The van der Waals surface area contributed by atoms with Crippen molar-refractivity contribution < 1.29 is 17.7 Å². The molecule has 1 aromatic heterocycles. The first kappa shape index (κ1) is 14.6. The Kier molecular flexibility index (Phi) is 3.67. The van der Waals surface area contributed by atoms with Gasteiger partial charge in [-0.1, -0.05) is 0 Å². The Bertz CT molecular complexity index is 794. The third-order valence-corrected chi connectivity index (χ3v) is 3.64. The molecule has 110 valence electrons. The smallest absolute Gasteiger partial charge is 0.274 e. The monoisotopic (exact) mass is 313 g/mol. The van der Waals surface area contributed by atoms with E-state index in [2.05, 4.69) is 9.97 Å². The van der Waals surface area contributed by atoms with E-state index < -0.39 is 26.5 Å². The van der Waals surface area contributed by atoms with Crippen LogP contribution in [0.15, 0.2) is 35.5 Å². The molecule has 0 aliphatic carbocycles. The zero-order valence-corrected chi connectivity index (χ0v) is 11.0. The van der Waals surface area contributed by atoms with Gasteiger partial charge in [-0.3, -0.25) is 14.8 Å². The molecule has 0 spiro atoms. The number of nitro groups is 1. The number of benzene rings is 1. The van der Waals surface area contributed by atoms with E-state index in [1.807, 2.05) is 4.72 Å². The van der Waals surface area contributed by atoms with Crippen LogP contribution in [0.3, 0.4) is 0 Å². The number of sulfonamides is 1. The summed E-state index contributed by atoms with van der Waals surface area (Å²) in [6.45, 7) is 0. The lowest BCUT2D eigenvalue weighted by molar-refractivity contribution is -0.385. The molecule has 9 nitrogen and oxygen atoms in total. The highest BCUT2D eigenvalue weighted by atomic mass is 32.2. The van der Waals surface area contributed by atoms with Gasteiger partial charge in [-0.2, -0.15) is 0 Å². The SMILES string of the molecule is Nc1ncc(S(=O)(=O)Nc2cc(F)cc([N+](=O)[O-])c2)cn1. The van der Waals surface area contributed by atoms with E-state index in [1.165, 1.54) is 0 Å². The fourth-order valence-corrected chi connectivity index (χ4v) is 2.35. The highest BCUT2D eigenvalue weighted by Crippen LogP contribution is 2.22. The average molecular weight is 313 g/mol. The second kappa shape index (κ2) is 5.28. The summed E-state index contributed by atoms with van der Waals surface area (Å²) in [5.74, 6) is -1.06.